The predicted molar refractivity (Wildman–Crippen MR) is 207 cm³/mol. The van der Waals surface area contributed by atoms with Gasteiger partial charge in [-0.15, -0.1) is 0 Å². The minimum atomic E-state index is -2.74. The Morgan fingerprint density at radius 2 is 0.250 bits per heavy atom. The van der Waals surface area contributed by atoms with Crippen LogP contribution >= 0.6 is 0 Å². The number of carboxylic acids is 15. The Labute approximate surface area is 441 Å². The van der Waals surface area contributed by atoms with Crippen molar-refractivity contribution in [3.63, 3.8) is 0 Å². The zero-order valence-corrected chi connectivity index (χ0v) is 32.1. The molecule has 0 aliphatic carbocycles. The molecule has 0 aromatic carbocycles. The van der Waals surface area contributed by atoms with Crippen LogP contribution in [0.5, 0.6) is 0 Å². The first-order valence-corrected chi connectivity index (χ1v) is 15.9. The minimum absolute atomic E-state index is 0. The monoisotopic (exact) mass is 1030 g/mol. The van der Waals surface area contributed by atoms with E-state index in [-0.39, 0.29) is 88.7 Å². The van der Waals surface area contributed by atoms with Gasteiger partial charge in [-0.25, -0.2) is 24.0 Å². The third-order valence-corrected chi connectivity index (χ3v) is 6.43. The van der Waals surface area contributed by atoms with Crippen molar-refractivity contribution >= 4 is 178 Å². The maximum atomic E-state index is 10.3. The van der Waals surface area contributed by atoms with Gasteiger partial charge in [0.05, 0.1) is 64.2 Å². The molecule has 0 fully saturated rings. The van der Waals surface area contributed by atoms with E-state index in [9.17, 15) is 71.9 Å². The van der Waals surface area contributed by atoms with Crippen LogP contribution in [0.15, 0.2) is 0 Å². The summed E-state index contributed by atoms with van der Waals surface area (Å²) in [5.41, 5.74) is -13.7. The molecule has 0 aromatic heterocycles. The SMILES string of the molecule is O=C(O)CC(O)(CC(=O)O)C(=O)O.O=C(O)CC(O)(CC(=O)O)C(=O)O.O=C(O)CC(O)(CC(=O)O)C(=O)O.O=C(O)CC(O)(CC(=O)O)C(=O)O.O=C(O)CC(O)(CC(=O)O)C(=O)O.[NaH].[NaH].[NaH]. The van der Waals surface area contributed by atoms with Crippen molar-refractivity contribution in [2.45, 2.75) is 92.2 Å². The van der Waals surface area contributed by atoms with E-state index in [1.807, 2.05) is 0 Å². The number of hydrogen-bond donors (Lipinski definition) is 20. The maximum absolute atomic E-state index is 10.3. The third kappa shape index (κ3) is 38.9. The Bertz CT molecular complexity index is 1460. The molecule has 0 heterocycles. The summed E-state index contributed by atoms with van der Waals surface area (Å²) in [5, 5.41) is 169. The fourth-order valence-corrected chi connectivity index (χ4v) is 3.57. The van der Waals surface area contributed by atoms with Crippen molar-refractivity contribution in [2.24, 2.45) is 0 Å². The van der Waals surface area contributed by atoms with Crippen LogP contribution in [0, 0.1) is 0 Å². The molecule has 0 bridgehead atoms. The molecule has 376 valence electrons. The van der Waals surface area contributed by atoms with Gasteiger partial charge >= 0.3 is 178 Å². The number of aliphatic carboxylic acids is 15. The van der Waals surface area contributed by atoms with Crippen LogP contribution in [0.1, 0.15) is 64.2 Å². The van der Waals surface area contributed by atoms with Crippen LogP contribution in [0.3, 0.4) is 0 Å². The molecule has 0 atom stereocenters. The molecule has 68 heavy (non-hydrogen) atoms. The number of hydrogen-bond acceptors (Lipinski definition) is 20. The molecule has 20 N–H and O–H groups in total. The zero-order chi connectivity index (χ0) is 53.2. The summed E-state index contributed by atoms with van der Waals surface area (Å²) in [6.45, 7) is 0. The average molecular weight is 1030 g/mol. The second-order valence-electron chi connectivity index (χ2n) is 12.4. The summed E-state index contributed by atoms with van der Waals surface area (Å²) in [4.78, 5) is 152. The molecule has 0 amide bonds. The van der Waals surface area contributed by atoms with Crippen LogP contribution in [0.4, 0.5) is 0 Å². The van der Waals surface area contributed by atoms with Crippen molar-refractivity contribution in [3.8, 4) is 0 Å². The van der Waals surface area contributed by atoms with Crippen LogP contribution in [-0.2, 0) is 71.9 Å². The van der Waals surface area contributed by atoms with E-state index in [2.05, 4.69) is 0 Å². The second kappa shape index (κ2) is 35.9. The Kier molecular flexibility index (Phi) is 42.2. The van der Waals surface area contributed by atoms with Gasteiger partial charge in [-0.05, 0) is 0 Å². The van der Waals surface area contributed by atoms with E-state index in [4.69, 9.17) is 102 Å². The zero-order valence-electron chi connectivity index (χ0n) is 32.1. The summed E-state index contributed by atoms with van der Waals surface area (Å²) < 4.78 is 0. The number of rotatable bonds is 25. The van der Waals surface area contributed by atoms with Crippen LogP contribution < -0.4 is 0 Å². The molecular formula is C30H43Na3O35. The van der Waals surface area contributed by atoms with Crippen molar-refractivity contribution in [1.29, 1.82) is 0 Å². The van der Waals surface area contributed by atoms with Crippen LogP contribution in [-0.4, -0.2) is 308 Å². The molecule has 0 unspecified atom stereocenters. The molecule has 0 spiro atoms. The first-order valence-electron chi connectivity index (χ1n) is 15.9. The summed E-state index contributed by atoms with van der Waals surface area (Å²) in [5.74, 6) is -25.1. The van der Waals surface area contributed by atoms with Crippen molar-refractivity contribution in [1.82, 2.24) is 0 Å². The Balaban J connectivity index is -0.000000109. The van der Waals surface area contributed by atoms with Crippen molar-refractivity contribution in [3.05, 3.63) is 0 Å². The first-order chi connectivity index (χ1) is 28.9. The van der Waals surface area contributed by atoms with Crippen molar-refractivity contribution in [2.75, 3.05) is 0 Å². The van der Waals surface area contributed by atoms with Crippen molar-refractivity contribution < 1.29 is 174 Å². The molecule has 0 aromatic rings. The van der Waals surface area contributed by atoms with Crippen LogP contribution in [0.2, 0.25) is 0 Å². The molecule has 0 aliphatic rings. The molecule has 35 nitrogen and oxygen atoms in total. The number of carbonyl (C=O) groups is 15. The predicted octanol–water partition coefficient (Wildman–Crippen LogP) is -8.19. The van der Waals surface area contributed by atoms with Gasteiger partial charge in [-0.3, -0.25) is 47.9 Å². The van der Waals surface area contributed by atoms with E-state index in [0.29, 0.717) is 0 Å². The standard InChI is InChI=1S/5C6H8O7.3Na.3H/c5*7-3(8)1-6(13,5(11)12)2-4(9)10;;;;;;/h5*13H,1-2H2,(H,7,8)(H,9,10)(H,11,12);;;;;;. The normalized spacial score (nSPS) is 10.4. The molecule has 0 rings (SSSR count). The molecule has 38 heteroatoms. The first kappa shape index (κ1) is 79.9. The molecular weight excluding hydrogens is 989 g/mol. The van der Waals surface area contributed by atoms with Gasteiger partial charge in [-0.1, -0.05) is 0 Å². The van der Waals surface area contributed by atoms with Crippen LogP contribution in [0.25, 0.3) is 0 Å². The molecule has 0 radical (unpaired) electrons. The fourth-order valence-electron chi connectivity index (χ4n) is 3.57. The van der Waals surface area contributed by atoms with E-state index in [1.165, 1.54) is 0 Å². The number of carboxylic acid groups (broad SMARTS) is 15. The van der Waals surface area contributed by atoms with Gasteiger partial charge in [0.2, 0.25) is 0 Å². The van der Waals surface area contributed by atoms with Gasteiger partial charge in [0.25, 0.3) is 0 Å². The Morgan fingerprint density at radius 1 is 0.191 bits per heavy atom. The summed E-state index contributed by atoms with van der Waals surface area (Å²) >= 11 is 0. The average Bonchev–Trinajstić information content (AvgIpc) is 3.01. The summed E-state index contributed by atoms with van der Waals surface area (Å²) in [6.07, 6.45) is -11.4. The van der Waals surface area contributed by atoms with Gasteiger partial charge in [-0.2, -0.15) is 0 Å². The Morgan fingerprint density at radius 3 is 0.279 bits per heavy atom. The van der Waals surface area contributed by atoms with Gasteiger partial charge < -0.3 is 102 Å². The molecule has 0 saturated heterocycles. The van der Waals surface area contributed by atoms with E-state index >= 15 is 0 Å². The van der Waals surface area contributed by atoms with E-state index in [1.54, 1.807) is 0 Å². The van der Waals surface area contributed by atoms with Gasteiger partial charge in [0.1, 0.15) is 0 Å². The van der Waals surface area contributed by atoms with E-state index < -0.39 is 182 Å². The third-order valence-electron chi connectivity index (χ3n) is 6.43. The van der Waals surface area contributed by atoms with Gasteiger partial charge in [0, 0.05) is 0 Å². The van der Waals surface area contributed by atoms with Gasteiger partial charge in [0.15, 0.2) is 28.0 Å². The topological polar surface area (TPSA) is 661 Å². The molecule has 0 aliphatic heterocycles. The fraction of sp³-hybridized carbons (Fsp3) is 0.500. The molecule has 0 saturated carbocycles. The Hall–Kier alpha value is -5.15. The quantitative estimate of drug-likeness (QED) is 0.0378. The second-order valence-corrected chi connectivity index (χ2v) is 12.4. The summed E-state index contributed by atoms with van der Waals surface area (Å²) in [6, 6.07) is 0. The number of aliphatic hydroxyl groups is 5. The summed E-state index contributed by atoms with van der Waals surface area (Å²) in [7, 11) is 0. The van der Waals surface area contributed by atoms with E-state index in [0.717, 1.165) is 0 Å².